The predicted octanol–water partition coefficient (Wildman–Crippen LogP) is 0.506. The van der Waals surface area contributed by atoms with Gasteiger partial charge in [0, 0.05) is 12.8 Å². The number of carbonyl (C=O) groups is 2. The topological polar surface area (TPSA) is 124 Å². The van der Waals surface area contributed by atoms with Crippen LogP contribution in [0.15, 0.2) is 13.2 Å². The van der Waals surface area contributed by atoms with Gasteiger partial charge in [0.2, 0.25) is 0 Å². The molecule has 7 nitrogen and oxygen atoms in total. The lowest BCUT2D eigenvalue weighted by Crippen LogP contribution is -2.03. The van der Waals surface area contributed by atoms with E-state index < -0.39 is 11.9 Å². The second-order valence-electron chi connectivity index (χ2n) is 3.05. The van der Waals surface area contributed by atoms with Crippen molar-refractivity contribution in [3.05, 3.63) is 13.2 Å². The number of ether oxygens (including phenoxy) is 1. The van der Waals surface area contributed by atoms with Crippen molar-refractivity contribution < 1.29 is 34.8 Å². The van der Waals surface area contributed by atoms with Gasteiger partial charge in [-0.2, -0.15) is 0 Å². The first-order chi connectivity index (χ1) is 9.04. The maximum absolute atomic E-state index is 9.90. The number of rotatable bonds is 9. The molecule has 0 aromatic heterocycles. The van der Waals surface area contributed by atoms with Crippen LogP contribution in [0.25, 0.3) is 0 Å². The number of aliphatic hydroxyl groups excluding tert-OH is 2. The average molecular weight is 280 g/mol. The van der Waals surface area contributed by atoms with Gasteiger partial charge in [0.1, 0.15) is 0 Å². The van der Waals surface area contributed by atoms with Gasteiger partial charge in [-0.3, -0.25) is 9.59 Å². The molecule has 0 atom stereocenters. The third-order valence-electron chi connectivity index (χ3n) is 1.50. The summed E-state index contributed by atoms with van der Waals surface area (Å²) < 4.78 is 4.63. The lowest BCUT2D eigenvalue weighted by atomic mass is 10.2. The number of carboxylic acids is 2. The largest absolute Gasteiger partial charge is 0.481 e. The third-order valence-corrected chi connectivity index (χ3v) is 1.50. The van der Waals surface area contributed by atoms with Crippen LogP contribution in [-0.4, -0.2) is 58.8 Å². The number of hydrogen-bond donors (Lipinski definition) is 4. The molecule has 0 fully saturated rings. The highest BCUT2D eigenvalue weighted by molar-refractivity contribution is 5.67. The van der Waals surface area contributed by atoms with Crippen molar-refractivity contribution in [2.75, 3.05) is 26.4 Å². The quantitative estimate of drug-likeness (QED) is 0.358. The molecule has 0 aromatic rings. The molecule has 0 aliphatic rings. The number of carboxylic acid groups (broad SMARTS) is 2. The lowest BCUT2D eigenvalue weighted by Gasteiger charge is -1.94. The number of aliphatic hydroxyl groups is 2. The Balaban J connectivity index is -0.000000249. The molecule has 0 rings (SSSR count). The number of hydrogen-bond acceptors (Lipinski definition) is 5. The summed E-state index contributed by atoms with van der Waals surface area (Å²) in [5.74, 6) is -1.74. The van der Waals surface area contributed by atoms with Gasteiger partial charge in [0.05, 0.1) is 26.4 Å². The van der Waals surface area contributed by atoms with Crippen LogP contribution in [0.1, 0.15) is 25.7 Å². The van der Waals surface area contributed by atoms with Crippen LogP contribution in [0, 0.1) is 0 Å². The molecule has 7 heteroatoms. The second-order valence-corrected chi connectivity index (χ2v) is 3.05. The smallest absolute Gasteiger partial charge is 0.303 e. The Bertz CT molecular complexity index is 186. The zero-order valence-electron chi connectivity index (χ0n) is 11.1. The highest BCUT2D eigenvalue weighted by atomic mass is 16.5. The van der Waals surface area contributed by atoms with Crippen LogP contribution in [-0.2, 0) is 14.3 Å². The van der Waals surface area contributed by atoms with Gasteiger partial charge in [0.15, 0.2) is 0 Å². The van der Waals surface area contributed by atoms with Crippen LogP contribution < -0.4 is 0 Å². The van der Waals surface area contributed by atoms with Gasteiger partial charge >= 0.3 is 11.9 Å². The molecular formula is C12H24O7. The van der Waals surface area contributed by atoms with E-state index in [-0.39, 0.29) is 26.1 Å². The van der Waals surface area contributed by atoms with E-state index in [1.165, 1.54) is 0 Å². The molecule has 0 unspecified atom stereocenters. The fourth-order valence-corrected chi connectivity index (χ4v) is 0.784. The van der Waals surface area contributed by atoms with Crippen molar-refractivity contribution in [1.82, 2.24) is 0 Å². The second kappa shape index (κ2) is 21.8. The first-order valence-electron chi connectivity index (χ1n) is 5.77. The maximum Gasteiger partial charge on any atom is 0.303 e. The Morgan fingerprint density at radius 3 is 1.37 bits per heavy atom. The van der Waals surface area contributed by atoms with E-state index in [0.29, 0.717) is 26.1 Å². The molecule has 0 saturated carbocycles. The van der Waals surface area contributed by atoms with Crippen molar-refractivity contribution in [3.63, 3.8) is 0 Å². The molecule has 0 saturated heterocycles. The van der Waals surface area contributed by atoms with E-state index in [2.05, 4.69) is 17.9 Å². The minimum absolute atomic E-state index is 0.0278. The van der Waals surface area contributed by atoms with Crippen molar-refractivity contribution in [2.45, 2.75) is 25.7 Å². The van der Waals surface area contributed by atoms with Crippen LogP contribution in [0.3, 0.4) is 0 Å². The molecule has 0 aromatic carbocycles. The monoisotopic (exact) mass is 280 g/mol. The zero-order valence-corrected chi connectivity index (χ0v) is 11.1. The maximum atomic E-state index is 9.90. The van der Waals surface area contributed by atoms with Crippen LogP contribution in [0.4, 0.5) is 0 Å². The van der Waals surface area contributed by atoms with E-state index in [1.54, 1.807) is 0 Å². The summed E-state index contributed by atoms with van der Waals surface area (Å²) in [5, 5.41) is 32.4. The summed E-state index contributed by atoms with van der Waals surface area (Å²) in [4.78, 5) is 19.8. The Labute approximate surface area is 113 Å². The summed E-state index contributed by atoms with van der Waals surface area (Å²) in [6.07, 6.45) is 1.02. The van der Waals surface area contributed by atoms with Gasteiger partial charge in [0.25, 0.3) is 0 Å². The third kappa shape index (κ3) is 38.4. The molecule has 4 N–H and O–H groups in total. The summed E-state index contributed by atoms with van der Waals surface area (Å²) in [6, 6.07) is 0. The molecule has 0 aliphatic carbocycles. The molecule has 0 heterocycles. The summed E-state index contributed by atoms with van der Waals surface area (Å²) in [5.41, 5.74) is 0. The average Bonchev–Trinajstić information content (AvgIpc) is 2.38. The Morgan fingerprint density at radius 1 is 0.842 bits per heavy atom. The van der Waals surface area contributed by atoms with E-state index in [9.17, 15) is 9.59 Å². The minimum Gasteiger partial charge on any atom is -0.481 e. The van der Waals surface area contributed by atoms with Gasteiger partial charge in [-0.05, 0) is 12.8 Å². The van der Waals surface area contributed by atoms with Crippen LogP contribution >= 0.6 is 0 Å². The Kier molecular flexibility index (Phi) is 26.1. The molecule has 0 aliphatic heterocycles. The fourth-order valence-electron chi connectivity index (χ4n) is 0.784. The Hall–Kier alpha value is -1.44. The molecule has 114 valence electrons. The molecule has 0 radical (unpaired) electrons. The van der Waals surface area contributed by atoms with Gasteiger partial charge in [-0.25, -0.2) is 0 Å². The predicted molar refractivity (Wildman–Crippen MR) is 70.0 cm³/mol. The van der Waals surface area contributed by atoms with E-state index in [0.717, 1.165) is 0 Å². The zero-order chi connectivity index (χ0) is 15.5. The van der Waals surface area contributed by atoms with Crippen molar-refractivity contribution in [1.29, 1.82) is 0 Å². The fraction of sp³-hybridized carbons (Fsp3) is 0.667. The first-order valence-corrected chi connectivity index (χ1v) is 5.77. The molecule has 0 spiro atoms. The summed E-state index contributed by atoms with van der Waals surface area (Å²) >= 11 is 0. The molecule has 0 amide bonds. The normalized spacial score (nSPS) is 8.53. The summed E-state index contributed by atoms with van der Waals surface area (Å²) in [7, 11) is 0. The Morgan fingerprint density at radius 2 is 1.16 bits per heavy atom. The lowest BCUT2D eigenvalue weighted by molar-refractivity contribution is -0.139. The minimum atomic E-state index is -0.870. The SMILES string of the molecule is C=C.O=C(O)CCCCC(=O)O.OCCOCCO. The van der Waals surface area contributed by atoms with Crippen LogP contribution in [0.2, 0.25) is 0 Å². The van der Waals surface area contributed by atoms with Crippen molar-refractivity contribution in [2.24, 2.45) is 0 Å². The standard InChI is InChI=1S/C6H10O4.C4H10O3.C2H4/c7-5(8)3-1-2-4-6(9)10;5-1-3-7-4-2-6;1-2/h1-4H2,(H,7,8)(H,9,10);5-6H,1-4H2;1-2H2. The number of aliphatic carboxylic acids is 2. The van der Waals surface area contributed by atoms with Crippen LogP contribution in [0.5, 0.6) is 0 Å². The van der Waals surface area contributed by atoms with E-state index in [4.69, 9.17) is 20.4 Å². The highest BCUT2D eigenvalue weighted by Gasteiger charge is 1.99. The van der Waals surface area contributed by atoms with Gasteiger partial charge in [-0.15, -0.1) is 13.2 Å². The number of unbranched alkanes of at least 4 members (excludes halogenated alkanes) is 1. The van der Waals surface area contributed by atoms with Gasteiger partial charge < -0.3 is 25.2 Å². The van der Waals surface area contributed by atoms with Crippen molar-refractivity contribution >= 4 is 11.9 Å². The van der Waals surface area contributed by atoms with E-state index >= 15 is 0 Å². The van der Waals surface area contributed by atoms with Crippen molar-refractivity contribution in [3.8, 4) is 0 Å². The first kappa shape index (κ1) is 22.7. The van der Waals surface area contributed by atoms with E-state index in [1.807, 2.05) is 0 Å². The summed E-state index contributed by atoms with van der Waals surface area (Å²) in [6.45, 7) is 6.70. The molecule has 19 heavy (non-hydrogen) atoms. The highest BCUT2D eigenvalue weighted by Crippen LogP contribution is 1.98. The van der Waals surface area contributed by atoms with Gasteiger partial charge in [-0.1, -0.05) is 0 Å². The molecule has 0 bridgehead atoms. The molecular weight excluding hydrogens is 256 g/mol.